The van der Waals surface area contributed by atoms with Gasteiger partial charge >= 0.3 is 0 Å². The Balaban J connectivity index is 2.01. The molecule has 0 saturated heterocycles. The van der Waals surface area contributed by atoms with Gasteiger partial charge in [0.05, 0.1) is 34.5 Å². The molecule has 172 valence electrons. The number of methoxy groups -OCH3 is 4. The molecule has 0 saturated carbocycles. The molecule has 0 fully saturated rings. The number of nitrogens with one attached hydrogen (secondary N) is 1. The molecule has 3 rings (SSSR count). The van der Waals surface area contributed by atoms with Crippen LogP contribution in [0.2, 0.25) is 0 Å². The zero-order valence-electron chi connectivity index (χ0n) is 19.5. The molecule has 6 nitrogen and oxygen atoms in total. The highest BCUT2D eigenvalue weighted by molar-refractivity contribution is 7.80. The second-order valence-corrected chi connectivity index (χ2v) is 8.26. The van der Waals surface area contributed by atoms with Crippen molar-refractivity contribution in [2.24, 2.45) is 0 Å². The highest BCUT2D eigenvalue weighted by Gasteiger charge is 2.31. The van der Waals surface area contributed by atoms with Crippen molar-refractivity contribution in [1.82, 2.24) is 10.2 Å². The van der Waals surface area contributed by atoms with E-state index < -0.39 is 0 Å². The molecule has 2 aromatic rings. The lowest BCUT2D eigenvalue weighted by Crippen LogP contribution is -2.46. The Morgan fingerprint density at radius 1 is 1.00 bits per heavy atom. The molecule has 2 aromatic carbocycles. The first-order valence-corrected chi connectivity index (χ1v) is 11.0. The van der Waals surface area contributed by atoms with Crippen LogP contribution in [0.3, 0.4) is 0 Å². The third-order valence-corrected chi connectivity index (χ3v) is 6.06. The molecule has 0 bridgehead atoms. The summed E-state index contributed by atoms with van der Waals surface area (Å²) in [6.07, 6.45) is 1.62. The van der Waals surface area contributed by atoms with Crippen molar-refractivity contribution in [2.75, 3.05) is 41.5 Å². The van der Waals surface area contributed by atoms with Gasteiger partial charge in [0.25, 0.3) is 0 Å². The van der Waals surface area contributed by atoms with Gasteiger partial charge in [-0.25, -0.2) is 0 Å². The van der Waals surface area contributed by atoms with E-state index in [4.69, 9.17) is 31.2 Å². The van der Waals surface area contributed by atoms with E-state index in [2.05, 4.69) is 35.0 Å². The number of ether oxygens (including phenoxy) is 4. The predicted octanol–water partition coefficient (Wildman–Crippen LogP) is 4.31. The summed E-state index contributed by atoms with van der Waals surface area (Å²) in [4.78, 5) is 2.25. The molecule has 7 heteroatoms. The molecule has 1 heterocycles. The lowest BCUT2D eigenvalue weighted by molar-refractivity contribution is 0.289. The number of rotatable bonds is 8. The second kappa shape index (κ2) is 10.6. The van der Waals surface area contributed by atoms with Crippen LogP contribution in [0.25, 0.3) is 0 Å². The average Bonchev–Trinajstić information content (AvgIpc) is 2.81. The Morgan fingerprint density at radius 2 is 1.62 bits per heavy atom. The first kappa shape index (κ1) is 23.7. The van der Waals surface area contributed by atoms with Crippen molar-refractivity contribution >= 4 is 17.3 Å². The van der Waals surface area contributed by atoms with Gasteiger partial charge in [0.1, 0.15) is 0 Å². The first-order chi connectivity index (χ1) is 15.4. The third kappa shape index (κ3) is 5.10. The zero-order valence-corrected chi connectivity index (χ0v) is 20.3. The van der Waals surface area contributed by atoms with E-state index in [9.17, 15) is 0 Å². The Morgan fingerprint density at radius 3 is 2.25 bits per heavy atom. The monoisotopic (exact) mass is 456 g/mol. The standard InChI is InChI=1S/C25H32N2O4S/c1-16(2)15-26-25(32)27-10-9-18-13-23(30-5)24(31-6)14-19(18)20(27)11-17-7-8-21(28-3)22(12-17)29-4/h7-8,12-14,20H,1,9-11,15H2,2-6H3,(H,26,32)/t20-/m0/s1. The maximum atomic E-state index is 5.79. The zero-order chi connectivity index (χ0) is 23.3. The maximum Gasteiger partial charge on any atom is 0.169 e. The van der Waals surface area contributed by atoms with Crippen LogP contribution in [0.4, 0.5) is 0 Å². The number of thiocarbonyl (C=S) groups is 1. The van der Waals surface area contributed by atoms with Crippen LogP contribution in [0.1, 0.15) is 29.7 Å². The fourth-order valence-electron chi connectivity index (χ4n) is 4.05. The minimum Gasteiger partial charge on any atom is -0.493 e. The Kier molecular flexibility index (Phi) is 7.85. The smallest absolute Gasteiger partial charge is 0.169 e. The summed E-state index contributed by atoms with van der Waals surface area (Å²) in [5.74, 6) is 2.88. The van der Waals surface area contributed by atoms with E-state index in [1.165, 1.54) is 11.1 Å². The molecular formula is C25H32N2O4S. The molecule has 0 aliphatic carbocycles. The summed E-state index contributed by atoms with van der Waals surface area (Å²) in [5.41, 5.74) is 4.59. The van der Waals surface area contributed by atoms with Crippen molar-refractivity contribution in [3.63, 3.8) is 0 Å². The number of benzene rings is 2. The minimum atomic E-state index is 0.0294. The number of hydrogen-bond acceptors (Lipinski definition) is 5. The summed E-state index contributed by atoms with van der Waals surface area (Å²) in [7, 11) is 6.62. The van der Waals surface area contributed by atoms with Gasteiger partial charge in [0, 0.05) is 13.1 Å². The molecule has 0 spiro atoms. The van der Waals surface area contributed by atoms with Crippen LogP contribution >= 0.6 is 12.2 Å². The van der Waals surface area contributed by atoms with Crippen LogP contribution in [0.5, 0.6) is 23.0 Å². The number of nitrogens with zero attached hydrogens (tertiary/aromatic N) is 1. The highest BCUT2D eigenvalue weighted by Crippen LogP contribution is 2.40. The van der Waals surface area contributed by atoms with Crippen LogP contribution in [0.15, 0.2) is 42.5 Å². The number of hydrogen-bond donors (Lipinski definition) is 1. The number of fused-ring (bicyclic) bond motifs is 1. The Bertz CT molecular complexity index is 992. The van der Waals surface area contributed by atoms with Gasteiger partial charge in [-0.2, -0.15) is 0 Å². The van der Waals surface area contributed by atoms with Gasteiger partial charge in [-0.15, -0.1) is 0 Å². The largest absolute Gasteiger partial charge is 0.493 e. The summed E-state index contributed by atoms with van der Waals surface area (Å²) in [6.45, 7) is 7.42. The van der Waals surface area contributed by atoms with E-state index in [-0.39, 0.29) is 6.04 Å². The van der Waals surface area contributed by atoms with E-state index in [1.54, 1.807) is 28.4 Å². The van der Waals surface area contributed by atoms with E-state index in [0.717, 1.165) is 41.4 Å². The molecule has 1 N–H and O–H groups in total. The fraction of sp³-hybridized carbons (Fsp3) is 0.400. The molecule has 0 amide bonds. The molecule has 1 aliphatic rings. The molecule has 0 aromatic heterocycles. The molecular weight excluding hydrogens is 424 g/mol. The van der Waals surface area contributed by atoms with Crippen LogP contribution < -0.4 is 24.3 Å². The van der Waals surface area contributed by atoms with E-state index in [1.807, 2.05) is 19.1 Å². The molecule has 1 atom stereocenters. The van der Waals surface area contributed by atoms with Gasteiger partial charge in [0.15, 0.2) is 28.1 Å². The first-order valence-electron chi connectivity index (χ1n) is 10.6. The maximum absolute atomic E-state index is 5.79. The van der Waals surface area contributed by atoms with Crippen molar-refractivity contribution in [3.8, 4) is 23.0 Å². The topological polar surface area (TPSA) is 52.2 Å². The Labute approximate surface area is 196 Å². The minimum absolute atomic E-state index is 0.0294. The van der Waals surface area contributed by atoms with Gasteiger partial charge in [-0.1, -0.05) is 18.2 Å². The Hall–Kier alpha value is -2.93. The normalized spacial score (nSPS) is 14.9. The fourth-order valence-corrected chi connectivity index (χ4v) is 4.34. The van der Waals surface area contributed by atoms with Gasteiger partial charge in [-0.05, 0) is 72.9 Å². The van der Waals surface area contributed by atoms with Crippen LogP contribution in [-0.4, -0.2) is 51.5 Å². The van der Waals surface area contributed by atoms with Crippen LogP contribution in [-0.2, 0) is 12.8 Å². The summed E-state index contributed by atoms with van der Waals surface area (Å²) >= 11 is 5.79. The van der Waals surface area contributed by atoms with Crippen molar-refractivity contribution in [2.45, 2.75) is 25.8 Å². The van der Waals surface area contributed by atoms with Crippen molar-refractivity contribution in [1.29, 1.82) is 0 Å². The van der Waals surface area contributed by atoms with E-state index >= 15 is 0 Å². The van der Waals surface area contributed by atoms with E-state index in [0.29, 0.717) is 23.8 Å². The lowest BCUT2D eigenvalue weighted by atomic mass is 9.88. The average molecular weight is 457 g/mol. The molecule has 1 aliphatic heterocycles. The molecule has 0 radical (unpaired) electrons. The van der Waals surface area contributed by atoms with Gasteiger partial charge < -0.3 is 29.2 Å². The lowest BCUT2D eigenvalue weighted by Gasteiger charge is -2.39. The predicted molar refractivity (Wildman–Crippen MR) is 131 cm³/mol. The van der Waals surface area contributed by atoms with Gasteiger partial charge in [-0.3, -0.25) is 0 Å². The molecule has 0 unspecified atom stereocenters. The third-order valence-electron chi connectivity index (χ3n) is 5.68. The van der Waals surface area contributed by atoms with Gasteiger partial charge in [0.2, 0.25) is 0 Å². The van der Waals surface area contributed by atoms with Crippen molar-refractivity contribution < 1.29 is 18.9 Å². The van der Waals surface area contributed by atoms with Crippen LogP contribution in [0, 0.1) is 0 Å². The summed E-state index contributed by atoms with van der Waals surface area (Å²) in [5, 5.41) is 4.07. The summed E-state index contributed by atoms with van der Waals surface area (Å²) < 4.78 is 22.1. The second-order valence-electron chi connectivity index (χ2n) is 7.87. The highest BCUT2D eigenvalue weighted by atomic mass is 32.1. The quantitative estimate of drug-likeness (QED) is 0.469. The SMILES string of the molecule is C=C(C)CNC(=S)N1CCc2cc(OC)c(OC)cc2[C@@H]1Cc1ccc(OC)c(OC)c1. The van der Waals surface area contributed by atoms with Crippen molar-refractivity contribution in [3.05, 3.63) is 59.2 Å². The summed E-state index contributed by atoms with van der Waals surface area (Å²) in [6, 6.07) is 10.2. The molecule has 32 heavy (non-hydrogen) atoms.